The number of nitrogens with zero attached hydrogens (tertiary/aromatic N) is 2. The van der Waals surface area contributed by atoms with E-state index in [2.05, 4.69) is 6.92 Å². The first-order valence-electron chi connectivity index (χ1n) is 8.58. The van der Waals surface area contributed by atoms with Crippen molar-refractivity contribution in [1.82, 2.24) is 4.98 Å². The van der Waals surface area contributed by atoms with E-state index in [1.54, 1.807) is 7.11 Å². The summed E-state index contributed by atoms with van der Waals surface area (Å²) in [6, 6.07) is 5.86. The summed E-state index contributed by atoms with van der Waals surface area (Å²) in [5, 5.41) is 0.742. The normalized spacial score (nSPS) is 17.3. The third-order valence-corrected chi connectivity index (χ3v) is 5.32. The lowest BCUT2D eigenvalue weighted by atomic mass is 10.2. The van der Waals surface area contributed by atoms with Crippen LogP contribution in [0.25, 0.3) is 10.2 Å². The molecule has 1 fully saturated rings. The van der Waals surface area contributed by atoms with Gasteiger partial charge in [0.15, 0.2) is 5.13 Å². The van der Waals surface area contributed by atoms with Crippen molar-refractivity contribution in [2.75, 3.05) is 25.2 Å². The molecule has 1 saturated heterocycles. The van der Waals surface area contributed by atoms with Gasteiger partial charge in [0.2, 0.25) is 5.91 Å². The highest BCUT2D eigenvalue weighted by atomic mass is 32.1. The number of methoxy groups -OCH3 is 1. The van der Waals surface area contributed by atoms with Crippen molar-refractivity contribution < 1.29 is 14.3 Å². The molecule has 0 aliphatic carbocycles. The average Bonchev–Trinajstić information content (AvgIpc) is 3.25. The number of hydrogen-bond donors (Lipinski definition) is 0. The Labute approximate surface area is 146 Å². The van der Waals surface area contributed by atoms with Gasteiger partial charge in [0.1, 0.15) is 11.3 Å². The molecule has 1 aromatic heterocycles. The molecule has 1 aliphatic rings. The number of fused-ring (bicyclic) bond motifs is 1. The van der Waals surface area contributed by atoms with Crippen LogP contribution in [-0.2, 0) is 9.53 Å². The molecule has 0 radical (unpaired) electrons. The molecule has 6 heteroatoms. The van der Waals surface area contributed by atoms with Crippen LogP contribution in [0, 0.1) is 0 Å². The fourth-order valence-electron chi connectivity index (χ4n) is 2.93. The van der Waals surface area contributed by atoms with Crippen molar-refractivity contribution in [3.8, 4) is 5.75 Å². The Morgan fingerprint density at radius 3 is 3.08 bits per heavy atom. The molecule has 2 heterocycles. The van der Waals surface area contributed by atoms with Crippen LogP contribution < -0.4 is 9.64 Å². The van der Waals surface area contributed by atoms with Crippen LogP contribution in [0.1, 0.15) is 39.0 Å². The van der Waals surface area contributed by atoms with Gasteiger partial charge >= 0.3 is 0 Å². The van der Waals surface area contributed by atoms with Crippen molar-refractivity contribution >= 4 is 32.6 Å². The van der Waals surface area contributed by atoms with E-state index in [9.17, 15) is 4.79 Å². The van der Waals surface area contributed by atoms with Gasteiger partial charge in [0.05, 0.1) is 24.5 Å². The van der Waals surface area contributed by atoms with E-state index in [4.69, 9.17) is 14.5 Å². The van der Waals surface area contributed by atoms with Crippen LogP contribution in [0.4, 0.5) is 5.13 Å². The second-order valence-corrected chi connectivity index (χ2v) is 7.06. The lowest BCUT2D eigenvalue weighted by molar-refractivity contribution is -0.119. The van der Waals surface area contributed by atoms with Crippen LogP contribution in [0.3, 0.4) is 0 Å². The van der Waals surface area contributed by atoms with Crippen molar-refractivity contribution in [3.63, 3.8) is 0 Å². The van der Waals surface area contributed by atoms with Gasteiger partial charge in [-0.25, -0.2) is 4.98 Å². The summed E-state index contributed by atoms with van der Waals surface area (Å²) in [7, 11) is 1.64. The second-order valence-electron chi connectivity index (χ2n) is 6.05. The molecule has 1 aromatic carbocycles. The number of ether oxygens (including phenoxy) is 2. The van der Waals surface area contributed by atoms with Gasteiger partial charge in [0.25, 0.3) is 0 Å². The Kier molecular flexibility index (Phi) is 5.68. The molecule has 0 spiro atoms. The number of anilines is 1. The first-order valence-corrected chi connectivity index (χ1v) is 9.40. The molecule has 1 atom stereocenters. The average molecular weight is 348 g/mol. The minimum atomic E-state index is 0.115. The second kappa shape index (κ2) is 7.94. The molecule has 0 bridgehead atoms. The summed E-state index contributed by atoms with van der Waals surface area (Å²) in [6.45, 7) is 3.47. The number of carbonyl (C=O) groups excluding carboxylic acids is 1. The zero-order chi connectivity index (χ0) is 16.9. The fraction of sp³-hybridized carbons (Fsp3) is 0.556. The minimum absolute atomic E-state index is 0.115. The van der Waals surface area contributed by atoms with E-state index in [-0.39, 0.29) is 12.0 Å². The Morgan fingerprint density at radius 2 is 2.38 bits per heavy atom. The number of para-hydroxylation sites is 1. The first-order chi connectivity index (χ1) is 11.7. The molecule has 0 N–H and O–H groups in total. The van der Waals surface area contributed by atoms with E-state index in [0.29, 0.717) is 13.0 Å². The van der Waals surface area contributed by atoms with Gasteiger partial charge in [-0.3, -0.25) is 9.69 Å². The van der Waals surface area contributed by atoms with Gasteiger partial charge in [-0.2, -0.15) is 0 Å². The molecule has 24 heavy (non-hydrogen) atoms. The maximum atomic E-state index is 12.7. The van der Waals surface area contributed by atoms with Crippen molar-refractivity contribution in [2.24, 2.45) is 0 Å². The number of unbranched alkanes of at least 4 members (excludes halogenated alkanes) is 1. The van der Waals surface area contributed by atoms with E-state index in [1.165, 1.54) is 11.3 Å². The fourth-order valence-corrected chi connectivity index (χ4v) is 3.94. The predicted octanol–water partition coefficient (Wildman–Crippen LogP) is 4.01. The Hall–Kier alpha value is -1.66. The van der Waals surface area contributed by atoms with Gasteiger partial charge in [-0.05, 0) is 31.4 Å². The number of aromatic nitrogens is 1. The third kappa shape index (κ3) is 3.70. The van der Waals surface area contributed by atoms with Crippen LogP contribution in [-0.4, -0.2) is 37.3 Å². The summed E-state index contributed by atoms with van der Waals surface area (Å²) in [6.07, 6.45) is 4.64. The molecule has 2 aromatic rings. The van der Waals surface area contributed by atoms with Gasteiger partial charge < -0.3 is 9.47 Å². The van der Waals surface area contributed by atoms with Crippen molar-refractivity contribution in [2.45, 2.75) is 45.1 Å². The number of hydrogen-bond acceptors (Lipinski definition) is 5. The molecule has 3 rings (SSSR count). The number of rotatable bonds is 7. The Morgan fingerprint density at radius 1 is 1.50 bits per heavy atom. The molecule has 0 saturated carbocycles. The maximum Gasteiger partial charge on any atom is 0.228 e. The molecular weight excluding hydrogens is 324 g/mol. The topological polar surface area (TPSA) is 51.7 Å². The molecule has 1 amide bonds. The van der Waals surface area contributed by atoms with Gasteiger partial charge in [-0.15, -0.1) is 0 Å². The minimum Gasteiger partial charge on any atom is -0.494 e. The summed E-state index contributed by atoms with van der Waals surface area (Å²) in [5.41, 5.74) is 0.820. The highest BCUT2D eigenvalue weighted by molar-refractivity contribution is 7.22. The van der Waals surface area contributed by atoms with Crippen LogP contribution in [0.5, 0.6) is 5.75 Å². The quantitative estimate of drug-likeness (QED) is 0.759. The molecule has 130 valence electrons. The van der Waals surface area contributed by atoms with Crippen molar-refractivity contribution in [3.05, 3.63) is 18.2 Å². The van der Waals surface area contributed by atoms with E-state index < -0.39 is 0 Å². The predicted molar refractivity (Wildman–Crippen MR) is 97.0 cm³/mol. The molecule has 1 aliphatic heterocycles. The highest BCUT2D eigenvalue weighted by Crippen LogP contribution is 2.34. The third-order valence-electron chi connectivity index (χ3n) is 4.28. The number of benzene rings is 1. The Balaban J connectivity index is 1.89. The lowest BCUT2D eigenvalue weighted by Crippen LogP contribution is -2.37. The lowest BCUT2D eigenvalue weighted by Gasteiger charge is -2.23. The van der Waals surface area contributed by atoms with Crippen molar-refractivity contribution in [1.29, 1.82) is 0 Å². The molecular formula is C18H24N2O3S. The molecule has 1 unspecified atom stereocenters. The molecule has 5 nitrogen and oxygen atoms in total. The summed E-state index contributed by atoms with van der Waals surface area (Å²) >= 11 is 1.54. The van der Waals surface area contributed by atoms with Gasteiger partial charge in [0, 0.05) is 13.0 Å². The number of carbonyl (C=O) groups is 1. The van der Waals surface area contributed by atoms with E-state index >= 15 is 0 Å². The smallest absolute Gasteiger partial charge is 0.228 e. The number of amides is 1. The summed E-state index contributed by atoms with van der Waals surface area (Å²) in [5.74, 6) is 0.874. The van der Waals surface area contributed by atoms with Crippen LogP contribution in [0.2, 0.25) is 0 Å². The Bertz CT molecular complexity index is 695. The number of thiazole rings is 1. The standard InChI is InChI=1S/C18H24N2O3S/c1-3-4-10-16(21)20(12-13-7-6-11-23-13)18-19-17-14(22-2)8-5-9-15(17)24-18/h5,8-9,13H,3-4,6-7,10-12H2,1-2H3. The van der Waals surface area contributed by atoms with E-state index in [0.717, 1.165) is 53.4 Å². The maximum absolute atomic E-state index is 12.7. The van der Waals surface area contributed by atoms with Crippen LogP contribution >= 0.6 is 11.3 Å². The van der Waals surface area contributed by atoms with E-state index in [1.807, 2.05) is 23.1 Å². The largest absolute Gasteiger partial charge is 0.494 e. The van der Waals surface area contributed by atoms with Crippen LogP contribution in [0.15, 0.2) is 18.2 Å². The van der Waals surface area contributed by atoms with Gasteiger partial charge in [-0.1, -0.05) is 30.7 Å². The summed E-state index contributed by atoms with van der Waals surface area (Å²) in [4.78, 5) is 19.2. The first kappa shape index (κ1) is 17.2. The highest BCUT2D eigenvalue weighted by Gasteiger charge is 2.26. The SMILES string of the molecule is CCCCC(=O)N(CC1CCCO1)c1nc2c(OC)cccc2s1. The summed E-state index contributed by atoms with van der Waals surface area (Å²) < 4.78 is 12.2. The zero-order valence-electron chi connectivity index (χ0n) is 14.3. The zero-order valence-corrected chi connectivity index (χ0v) is 15.1. The monoisotopic (exact) mass is 348 g/mol.